The first-order valence-electron chi connectivity index (χ1n) is 11.0. The van der Waals surface area contributed by atoms with Gasteiger partial charge in [-0.2, -0.15) is 0 Å². The van der Waals surface area contributed by atoms with Crippen molar-refractivity contribution in [3.05, 3.63) is 52.8 Å². The van der Waals surface area contributed by atoms with Crippen LogP contribution in [0.4, 0.5) is 8.78 Å². The molecule has 3 aromatic rings. The van der Waals surface area contributed by atoms with Gasteiger partial charge in [-0.25, -0.2) is 8.78 Å². The van der Waals surface area contributed by atoms with Crippen LogP contribution in [-0.2, 0) is 11.0 Å². The van der Waals surface area contributed by atoms with Crippen molar-refractivity contribution in [1.29, 1.82) is 0 Å². The van der Waals surface area contributed by atoms with Crippen molar-refractivity contribution in [2.75, 3.05) is 19.7 Å². The number of fused-ring (bicyclic) bond motifs is 3. The molecule has 0 unspecified atom stereocenters. The Bertz CT molecular complexity index is 1240. The number of rotatable bonds is 5. The third-order valence-corrected chi connectivity index (χ3v) is 11.6. The lowest BCUT2D eigenvalue weighted by Crippen LogP contribution is -2.45. The van der Waals surface area contributed by atoms with Gasteiger partial charge in [-0.05, 0) is 35.8 Å². The summed E-state index contributed by atoms with van der Waals surface area (Å²) in [6, 6.07) is 5.75. The Labute approximate surface area is 198 Å². The van der Waals surface area contributed by atoms with E-state index in [2.05, 4.69) is 38.8 Å². The molecule has 33 heavy (non-hydrogen) atoms. The monoisotopic (exact) mass is 491 g/mol. The molecule has 0 bridgehead atoms. The number of amides is 1. The summed E-state index contributed by atoms with van der Waals surface area (Å²) in [5.74, 6) is -1.29. The Morgan fingerprint density at radius 1 is 1.18 bits per heavy atom. The van der Waals surface area contributed by atoms with Gasteiger partial charge in [0.15, 0.2) is 8.32 Å². The normalized spacial score (nSPS) is 14.8. The van der Waals surface area contributed by atoms with E-state index in [0.29, 0.717) is 54.1 Å². The van der Waals surface area contributed by atoms with Crippen LogP contribution in [-0.4, -0.2) is 48.4 Å². The molecule has 3 heterocycles. The average molecular weight is 492 g/mol. The molecule has 176 valence electrons. The second-order valence-electron chi connectivity index (χ2n) is 9.93. The maximum absolute atomic E-state index is 14.3. The number of hydrogen-bond donors (Lipinski definition) is 0. The summed E-state index contributed by atoms with van der Waals surface area (Å²) >= 11 is 5.87. The van der Waals surface area contributed by atoms with Crippen molar-refractivity contribution in [3.8, 4) is 11.1 Å². The minimum absolute atomic E-state index is 0.00846. The predicted octanol–water partition coefficient (Wildman–Crippen LogP) is 6.11. The van der Waals surface area contributed by atoms with E-state index in [1.165, 1.54) is 18.2 Å². The molecule has 4 rings (SSSR count). The molecule has 0 saturated heterocycles. The number of hydrogen-bond acceptors (Lipinski definition) is 3. The zero-order valence-corrected chi connectivity index (χ0v) is 21.3. The van der Waals surface area contributed by atoms with E-state index in [-0.39, 0.29) is 16.0 Å². The highest BCUT2D eigenvalue weighted by atomic mass is 35.5. The van der Waals surface area contributed by atoms with Crippen LogP contribution in [0.2, 0.25) is 23.2 Å². The van der Waals surface area contributed by atoms with Gasteiger partial charge in [0.2, 0.25) is 0 Å². The van der Waals surface area contributed by atoms with Gasteiger partial charge < -0.3 is 13.9 Å². The van der Waals surface area contributed by atoms with E-state index in [9.17, 15) is 13.6 Å². The maximum Gasteiger partial charge on any atom is 0.271 e. The fraction of sp³-hybridized carbons (Fsp3) is 0.417. The summed E-state index contributed by atoms with van der Waals surface area (Å²) in [5.41, 5.74) is 2.31. The molecule has 1 aliphatic rings. The van der Waals surface area contributed by atoms with Gasteiger partial charge in [0.1, 0.15) is 17.3 Å². The SMILES string of the molecule is CC(C)(C)[Si](C)(C)OCCN1CCn2c(c(-c3ccc(Cl)c(F)c3)c3ncc(F)cc32)C1=O. The first-order valence-corrected chi connectivity index (χ1v) is 14.3. The van der Waals surface area contributed by atoms with E-state index in [1.54, 1.807) is 15.5 Å². The van der Waals surface area contributed by atoms with Crippen LogP contribution in [0.1, 0.15) is 31.3 Å². The third-order valence-electron chi connectivity index (χ3n) is 6.79. The van der Waals surface area contributed by atoms with E-state index >= 15 is 0 Å². The minimum Gasteiger partial charge on any atom is -0.415 e. The zero-order valence-electron chi connectivity index (χ0n) is 19.5. The molecule has 0 aliphatic carbocycles. The predicted molar refractivity (Wildman–Crippen MR) is 129 cm³/mol. The van der Waals surface area contributed by atoms with Crippen LogP contribution in [0.3, 0.4) is 0 Å². The topological polar surface area (TPSA) is 47.4 Å². The fourth-order valence-electron chi connectivity index (χ4n) is 3.89. The summed E-state index contributed by atoms with van der Waals surface area (Å²) in [7, 11) is -1.94. The summed E-state index contributed by atoms with van der Waals surface area (Å²) in [6.07, 6.45) is 1.11. The smallest absolute Gasteiger partial charge is 0.271 e. The van der Waals surface area contributed by atoms with Gasteiger partial charge in [0.05, 0.1) is 28.9 Å². The first kappa shape index (κ1) is 23.9. The highest BCUT2D eigenvalue weighted by molar-refractivity contribution is 6.74. The standard InChI is InChI=1S/C24H28ClF2N3O2Si/c1-24(2,3)33(4,5)32-11-10-29-8-9-30-19-13-16(26)14-28-21(19)20(22(30)23(29)31)15-6-7-17(25)18(27)12-15/h6-7,12-14H,8-11H2,1-5H3. The lowest BCUT2D eigenvalue weighted by atomic mass is 10.0. The number of pyridine rings is 1. The largest absolute Gasteiger partial charge is 0.415 e. The van der Waals surface area contributed by atoms with Crippen molar-refractivity contribution in [1.82, 2.24) is 14.5 Å². The zero-order chi connectivity index (χ0) is 24.1. The second-order valence-corrected chi connectivity index (χ2v) is 15.1. The summed E-state index contributed by atoms with van der Waals surface area (Å²) in [4.78, 5) is 19.6. The Hall–Kier alpha value is -2.29. The quantitative estimate of drug-likeness (QED) is 0.404. The number of aromatic nitrogens is 2. The molecule has 0 N–H and O–H groups in total. The van der Waals surface area contributed by atoms with E-state index < -0.39 is 20.0 Å². The van der Waals surface area contributed by atoms with E-state index in [1.807, 2.05) is 0 Å². The molecule has 2 aromatic heterocycles. The van der Waals surface area contributed by atoms with Gasteiger partial charge in [0.25, 0.3) is 5.91 Å². The van der Waals surface area contributed by atoms with Crippen LogP contribution in [0, 0.1) is 11.6 Å². The number of nitrogens with zero attached hydrogens (tertiary/aromatic N) is 3. The van der Waals surface area contributed by atoms with Crippen molar-refractivity contribution < 1.29 is 18.0 Å². The average Bonchev–Trinajstić information content (AvgIpc) is 3.05. The van der Waals surface area contributed by atoms with Gasteiger partial charge in [0, 0.05) is 31.3 Å². The molecule has 5 nitrogen and oxygen atoms in total. The number of carbonyl (C=O) groups is 1. The first-order chi connectivity index (χ1) is 15.4. The fourth-order valence-corrected chi connectivity index (χ4v) is 5.04. The van der Waals surface area contributed by atoms with Crippen molar-refractivity contribution in [2.24, 2.45) is 0 Å². The summed E-state index contributed by atoms with van der Waals surface area (Å²) < 4.78 is 36.4. The van der Waals surface area contributed by atoms with E-state index in [0.717, 1.165) is 6.20 Å². The highest BCUT2D eigenvalue weighted by Crippen LogP contribution is 2.38. The number of halogens is 3. The molecule has 9 heteroatoms. The Morgan fingerprint density at radius 3 is 2.58 bits per heavy atom. The molecule has 0 radical (unpaired) electrons. The molecule has 1 amide bonds. The number of carbonyl (C=O) groups excluding carboxylic acids is 1. The third kappa shape index (κ3) is 4.31. The van der Waals surface area contributed by atoms with Crippen LogP contribution in [0.15, 0.2) is 30.5 Å². The van der Waals surface area contributed by atoms with Crippen LogP contribution in [0.25, 0.3) is 22.2 Å². The molecule has 0 spiro atoms. The van der Waals surface area contributed by atoms with Crippen LogP contribution >= 0.6 is 11.6 Å². The van der Waals surface area contributed by atoms with Crippen molar-refractivity contribution in [2.45, 2.75) is 45.4 Å². The maximum atomic E-state index is 14.3. The Balaban J connectivity index is 1.72. The molecule has 1 aromatic carbocycles. The molecule has 0 saturated carbocycles. The molecular formula is C24H28ClF2N3O2Si. The molecule has 0 fully saturated rings. The molecular weight excluding hydrogens is 464 g/mol. The molecule has 1 aliphatic heterocycles. The lowest BCUT2D eigenvalue weighted by Gasteiger charge is -2.37. The van der Waals surface area contributed by atoms with Gasteiger partial charge in [-0.3, -0.25) is 9.78 Å². The lowest BCUT2D eigenvalue weighted by molar-refractivity contribution is 0.0675. The Morgan fingerprint density at radius 2 is 1.91 bits per heavy atom. The summed E-state index contributed by atoms with van der Waals surface area (Å²) in [5, 5.41) is 0.0678. The van der Waals surface area contributed by atoms with E-state index in [4.69, 9.17) is 16.0 Å². The van der Waals surface area contributed by atoms with Crippen LogP contribution in [0.5, 0.6) is 0 Å². The Kier molecular flexibility index (Phi) is 6.13. The van der Waals surface area contributed by atoms with Gasteiger partial charge >= 0.3 is 0 Å². The highest BCUT2D eigenvalue weighted by Gasteiger charge is 2.38. The van der Waals surface area contributed by atoms with Crippen molar-refractivity contribution in [3.63, 3.8) is 0 Å². The summed E-state index contributed by atoms with van der Waals surface area (Å²) in [6.45, 7) is 12.7. The molecule has 0 atom stereocenters. The van der Waals surface area contributed by atoms with Crippen LogP contribution < -0.4 is 0 Å². The number of benzene rings is 1. The van der Waals surface area contributed by atoms with Gasteiger partial charge in [-0.15, -0.1) is 0 Å². The second kappa shape index (κ2) is 8.49. The van der Waals surface area contributed by atoms with Crippen molar-refractivity contribution >= 4 is 36.9 Å². The minimum atomic E-state index is -1.94. The van der Waals surface area contributed by atoms with Gasteiger partial charge in [-0.1, -0.05) is 38.4 Å².